The summed E-state index contributed by atoms with van der Waals surface area (Å²) in [5.74, 6) is 1.75. The molecule has 2 aliphatic heterocycles. The average molecular weight is 337 g/mol. The Morgan fingerprint density at radius 2 is 2.32 bits per heavy atom. The number of nitrogens with one attached hydrogen (secondary N) is 2. The average Bonchev–Trinajstić information content (AvgIpc) is 3.37. The highest BCUT2D eigenvalue weighted by atomic mass is 16.5. The quantitative estimate of drug-likeness (QED) is 0.750. The van der Waals surface area contributed by atoms with E-state index in [2.05, 4.69) is 35.4 Å². The summed E-state index contributed by atoms with van der Waals surface area (Å²) in [6, 6.07) is 4.35. The molecule has 8 heteroatoms. The first-order chi connectivity index (χ1) is 12.3. The number of pyridine rings is 1. The molecule has 2 saturated heterocycles. The number of morpholine rings is 1. The van der Waals surface area contributed by atoms with Gasteiger partial charge in [0.1, 0.15) is 23.7 Å². The molecular formula is C17H19N7O. The first kappa shape index (κ1) is 14.6. The molecule has 25 heavy (non-hydrogen) atoms. The third-order valence-corrected chi connectivity index (χ3v) is 4.91. The second-order valence-corrected chi connectivity index (χ2v) is 6.44. The zero-order valence-electron chi connectivity index (χ0n) is 13.9. The molecule has 0 aliphatic carbocycles. The van der Waals surface area contributed by atoms with Crippen molar-refractivity contribution < 1.29 is 4.74 Å². The molecule has 128 valence electrons. The van der Waals surface area contributed by atoms with Crippen molar-refractivity contribution in [1.82, 2.24) is 25.1 Å². The van der Waals surface area contributed by atoms with Crippen molar-refractivity contribution in [2.24, 2.45) is 0 Å². The van der Waals surface area contributed by atoms with Gasteiger partial charge < -0.3 is 15.0 Å². The minimum Gasteiger partial charge on any atom is -0.374 e. The van der Waals surface area contributed by atoms with Crippen molar-refractivity contribution in [3.63, 3.8) is 0 Å². The fraction of sp³-hybridized carbons (Fsp3) is 0.412. The molecule has 0 unspecified atom stereocenters. The standard InChI is InChI=1S/C17H19N7O/c1-2-18-17-15-12(3-4-19-17)22-23-16(15)13-6-14(21-9-20-13)24-7-11-5-10(24)8-25-11/h3-4,6,9-11H,2,5,7-8H2,1H3,(H,18,19)(H,22,23)/t10-,11-/m1/s1. The van der Waals surface area contributed by atoms with Gasteiger partial charge in [0.25, 0.3) is 0 Å². The highest BCUT2D eigenvalue weighted by molar-refractivity contribution is 5.99. The third kappa shape index (κ3) is 2.32. The maximum Gasteiger partial charge on any atom is 0.137 e. The van der Waals surface area contributed by atoms with Crippen LogP contribution >= 0.6 is 0 Å². The fourth-order valence-electron chi connectivity index (χ4n) is 3.77. The molecule has 0 radical (unpaired) electrons. The number of H-pyrrole nitrogens is 1. The van der Waals surface area contributed by atoms with E-state index in [1.807, 2.05) is 19.1 Å². The van der Waals surface area contributed by atoms with Crippen LogP contribution in [0.1, 0.15) is 13.3 Å². The molecule has 2 aliphatic rings. The zero-order chi connectivity index (χ0) is 16.8. The van der Waals surface area contributed by atoms with E-state index >= 15 is 0 Å². The van der Waals surface area contributed by atoms with E-state index in [-0.39, 0.29) is 0 Å². The maximum absolute atomic E-state index is 5.69. The van der Waals surface area contributed by atoms with Gasteiger partial charge in [-0.05, 0) is 19.4 Å². The van der Waals surface area contributed by atoms with Crippen molar-refractivity contribution in [1.29, 1.82) is 0 Å². The van der Waals surface area contributed by atoms with E-state index in [0.29, 0.717) is 12.1 Å². The van der Waals surface area contributed by atoms with Crippen LogP contribution in [-0.4, -0.2) is 57.0 Å². The minimum atomic E-state index is 0.333. The van der Waals surface area contributed by atoms with Crippen molar-refractivity contribution in [2.75, 3.05) is 29.9 Å². The van der Waals surface area contributed by atoms with Crippen LogP contribution in [0.4, 0.5) is 11.6 Å². The van der Waals surface area contributed by atoms with Gasteiger partial charge in [-0.2, -0.15) is 5.10 Å². The smallest absolute Gasteiger partial charge is 0.137 e. The van der Waals surface area contributed by atoms with Crippen molar-refractivity contribution in [3.8, 4) is 11.4 Å². The maximum atomic E-state index is 5.69. The molecule has 5 rings (SSSR count). The van der Waals surface area contributed by atoms with Gasteiger partial charge in [-0.15, -0.1) is 0 Å². The van der Waals surface area contributed by atoms with Gasteiger partial charge in [-0.3, -0.25) is 5.10 Å². The van der Waals surface area contributed by atoms with Gasteiger partial charge in [0.15, 0.2) is 0 Å². The highest BCUT2D eigenvalue weighted by Crippen LogP contribution is 2.34. The number of rotatable bonds is 4. The number of aromatic nitrogens is 5. The topological polar surface area (TPSA) is 91.9 Å². The lowest BCUT2D eigenvalue weighted by molar-refractivity contribution is 0.0989. The summed E-state index contributed by atoms with van der Waals surface area (Å²) < 4.78 is 5.69. The number of hydrogen-bond donors (Lipinski definition) is 2. The van der Waals surface area contributed by atoms with Crippen LogP contribution < -0.4 is 10.2 Å². The predicted molar refractivity (Wildman–Crippen MR) is 94.6 cm³/mol. The monoisotopic (exact) mass is 337 g/mol. The minimum absolute atomic E-state index is 0.333. The molecule has 0 amide bonds. The molecule has 0 saturated carbocycles. The number of nitrogens with zero attached hydrogens (tertiary/aromatic N) is 5. The van der Waals surface area contributed by atoms with Crippen molar-refractivity contribution in [3.05, 3.63) is 24.7 Å². The van der Waals surface area contributed by atoms with Gasteiger partial charge >= 0.3 is 0 Å². The predicted octanol–water partition coefficient (Wildman–Crippen LogP) is 1.82. The summed E-state index contributed by atoms with van der Waals surface area (Å²) in [5, 5.41) is 11.8. The molecule has 2 N–H and O–H groups in total. The van der Waals surface area contributed by atoms with E-state index < -0.39 is 0 Å². The van der Waals surface area contributed by atoms with E-state index in [9.17, 15) is 0 Å². The lowest BCUT2D eigenvalue weighted by atomic mass is 10.2. The van der Waals surface area contributed by atoms with Gasteiger partial charge in [0, 0.05) is 25.4 Å². The Labute approximate surface area is 144 Å². The zero-order valence-corrected chi connectivity index (χ0v) is 13.9. The van der Waals surface area contributed by atoms with Crippen LogP contribution in [0.5, 0.6) is 0 Å². The Morgan fingerprint density at radius 3 is 3.12 bits per heavy atom. The molecule has 2 fully saturated rings. The lowest BCUT2D eigenvalue weighted by Gasteiger charge is -2.27. The fourth-order valence-corrected chi connectivity index (χ4v) is 3.77. The SMILES string of the molecule is CCNc1nccc2[nH]nc(-c3cc(N4C[C@H]5C[C@@H]4CO5)ncn3)c12. The van der Waals surface area contributed by atoms with E-state index in [1.165, 1.54) is 0 Å². The Hall–Kier alpha value is -2.74. The van der Waals surface area contributed by atoms with Crippen molar-refractivity contribution >= 4 is 22.5 Å². The van der Waals surface area contributed by atoms with Crippen molar-refractivity contribution in [2.45, 2.75) is 25.5 Å². The summed E-state index contributed by atoms with van der Waals surface area (Å²) in [6.45, 7) is 4.52. The van der Waals surface area contributed by atoms with E-state index in [4.69, 9.17) is 4.74 Å². The highest BCUT2D eigenvalue weighted by Gasteiger charge is 2.39. The van der Waals surface area contributed by atoms with Gasteiger partial charge in [-0.25, -0.2) is 15.0 Å². The van der Waals surface area contributed by atoms with E-state index in [1.54, 1.807) is 12.5 Å². The van der Waals surface area contributed by atoms with Gasteiger partial charge in [0.05, 0.1) is 35.3 Å². The summed E-state index contributed by atoms with van der Waals surface area (Å²) >= 11 is 0. The molecule has 0 aromatic carbocycles. The number of anilines is 2. The second kappa shape index (κ2) is 5.66. The summed E-state index contributed by atoms with van der Waals surface area (Å²) in [7, 11) is 0. The second-order valence-electron chi connectivity index (χ2n) is 6.44. The third-order valence-electron chi connectivity index (χ3n) is 4.91. The van der Waals surface area contributed by atoms with Crippen LogP contribution in [0.2, 0.25) is 0 Å². The Balaban J connectivity index is 1.58. The number of ether oxygens (including phenoxy) is 1. The van der Waals surface area contributed by atoms with Crippen LogP contribution in [0.3, 0.4) is 0 Å². The van der Waals surface area contributed by atoms with Crippen LogP contribution in [-0.2, 0) is 4.74 Å². The molecule has 8 nitrogen and oxygen atoms in total. The Bertz CT molecular complexity index is 924. The summed E-state index contributed by atoms with van der Waals surface area (Å²) in [6.07, 6.45) is 4.80. The summed E-state index contributed by atoms with van der Waals surface area (Å²) in [5.41, 5.74) is 2.53. The largest absolute Gasteiger partial charge is 0.374 e. The van der Waals surface area contributed by atoms with Crippen LogP contribution in [0.15, 0.2) is 24.7 Å². The Morgan fingerprint density at radius 1 is 1.36 bits per heavy atom. The number of fused-ring (bicyclic) bond motifs is 3. The van der Waals surface area contributed by atoms with E-state index in [0.717, 1.165) is 60.0 Å². The molecule has 0 spiro atoms. The first-order valence-corrected chi connectivity index (χ1v) is 8.61. The lowest BCUT2D eigenvalue weighted by Crippen LogP contribution is -2.37. The molecule has 5 heterocycles. The normalized spacial score (nSPS) is 22.0. The number of hydrogen-bond acceptors (Lipinski definition) is 7. The first-order valence-electron chi connectivity index (χ1n) is 8.61. The van der Waals surface area contributed by atoms with Gasteiger partial charge in [0.2, 0.25) is 0 Å². The van der Waals surface area contributed by atoms with Crippen LogP contribution in [0.25, 0.3) is 22.3 Å². The molecule has 3 aromatic rings. The Kier molecular flexibility index (Phi) is 3.30. The molecule has 2 atom stereocenters. The number of aromatic amines is 1. The van der Waals surface area contributed by atoms with Gasteiger partial charge in [-0.1, -0.05) is 0 Å². The molecule has 3 aromatic heterocycles. The van der Waals surface area contributed by atoms with Crippen LogP contribution in [0, 0.1) is 0 Å². The summed E-state index contributed by atoms with van der Waals surface area (Å²) in [4.78, 5) is 15.7. The molecule has 2 bridgehead atoms. The molecular weight excluding hydrogens is 318 g/mol.